The van der Waals surface area contributed by atoms with Crippen molar-refractivity contribution in [3.05, 3.63) is 29.1 Å². The van der Waals surface area contributed by atoms with Gasteiger partial charge in [0.15, 0.2) is 11.6 Å². The molecule has 22 heavy (non-hydrogen) atoms. The lowest BCUT2D eigenvalue weighted by Crippen LogP contribution is -2.34. The molecular weight excluding hydrogens is 280 g/mol. The van der Waals surface area contributed by atoms with Crippen LogP contribution in [-0.2, 0) is 6.42 Å². The Morgan fingerprint density at radius 3 is 2.64 bits per heavy atom. The van der Waals surface area contributed by atoms with Crippen LogP contribution in [0, 0.1) is 0 Å². The molecule has 5 heteroatoms. The van der Waals surface area contributed by atoms with Crippen molar-refractivity contribution in [1.29, 1.82) is 0 Å². The van der Waals surface area contributed by atoms with Crippen LogP contribution in [0.5, 0.6) is 0 Å². The number of fused-ring (bicyclic) bond motifs is 1. The van der Waals surface area contributed by atoms with Crippen LogP contribution < -0.4 is 5.32 Å². The van der Waals surface area contributed by atoms with E-state index in [1.807, 2.05) is 6.92 Å². The lowest BCUT2D eigenvalue weighted by Gasteiger charge is -2.20. The molecule has 1 aliphatic rings. The summed E-state index contributed by atoms with van der Waals surface area (Å²) in [4.78, 5) is 28.7. The van der Waals surface area contributed by atoms with E-state index in [1.54, 1.807) is 0 Å². The molecule has 0 aliphatic heterocycles. The third kappa shape index (κ3) is 3.46. The Kier molecular flexibility index (Phi) is 5.52. The summed E-state index contributed by atoms with van der Waals surface area (Å²) in [6, 6.07) is 0.202. The van der Waals surface area contributed by atoms with Crippen molar-refractivity contribution < 1.29 is 14.0 Å². The van der Waals surface area contributed by atoms with Crippen molar-refractivity contribution >= 4 is 11.6 Å². The van der Waals surface area contributed by atoms with E-state index in [0.717, 1.165) is 19.3 Å². The lowest BCUT2D eigenvalue weighted by atomic mass is 10.0. The fourth-order valence-corrected chi connectivity index (χ4v) is 2.57. The van der Waals surface area contributed by atoms with Gasteiger partial charge >= 0.3 is 0 Å². The van der Waals surface area contributed by atoms with Gasteiger partial charge in [-0.15, -0.1) is 0 Å². The summed E-state index contributed by atoms with van der Waals surface area (Å²) >= 11 is 0. The number of carbonyl (C=O) groups excluding carboxylic acids is 2. The van der Waals surface area contributed by atoms with E-state index in [9.17, 15) is 9.59 Å². The lowest BCUT2D eigenvalue weighted by molar-refractivity contribution is 0.0957. The molecule has 2 rings (SSSR count). The van der Waals surface area contributed by atoms with Gasteiger partial charge in [0.2, 0.25) is 17.3 Å². The second-order valence-corrected chi connectivity index (χ2v) is 5.64. The Morgan fingerprint density at radius 1 is 1.23 bits per heavy atom. The molecule has 0 radical (unpaired) electrons. The quantitative estimate of drug-likeness (QED) is 0.745. The van der Waals surface area contributed by atoms with E-state index in [2.05, 4.69) is 24.1 Å². The summed E-state index contributed by atoms with van der Waals surface area (Å²) in [7, 11) is 0. The highest BCUT2D eigenvalue weighted by Gasteiger charge is 2.32. The van der Waals surface area contributed by atoms with E-state index < -0.39 is 0 Å². The van der Waals surface area contributed by atoms with Gasteiger partial charge in [-0.05, 0) is 12.8 Å². The zero-order chi connectivity index (χ0) is 16.1. The largest absolute Gasteiger partial charge is 0.436 e. The topological polar surface area (TPSA) is 72.2 Å². The number of nitrogens with zero attached hydrogens (tertiary/aromatic N) is 1. The molecule has 1 atom stereocenters. The molecular formula is C17H24N2O3. The van der Waals surface area contributed by atoms with E-state index >= 15 is 0 Å². The van der Waals surface area contributed by atoms with Crippen LogP contribution in [0.15, 0.2) is 16.2 Å². The van der Waals surface area contributed by atoms with E-state index in [0.29, 0.717) is 18.0 Å². The Bertz CT molecular complexity index is 587. The molecule has 0 amide bonds. The van der Waals surface area contributed by atoms with Crippen LogP contribution in [0.3, 0.4) is 0 Å². The third-order valence-corrected chi connectivity index (χ3v) is 3.94. The minimum absolute atomic E-state index is 0.0754. The Hall–Kier alpha value is -1.91. The number of carbonyl (C=O) groups is 2. The molecule has 1 aromatic heterocycles. The van der Waals surface area contributed by atoms with Gasteiger partial charge in [-0.25, -0.2) is 4.98 Å². The van der Waals surface area contributed by atoms with E-state index in [-0.39, 0.29) is 29.1 Å². The van der Waals surface area contributed by atoms with Gasteiger partial charge in [-0.3, -0.25) is 9.59 Å². The summed E-state index contributed by atoms with van der Waals surface area (Å²) in [5.74, 6) is -0.0255. The second kappa shape index (κ2) is 7.38. The van der Waals surface area contributed by atoms with Crippen LogP contribution in [0.25, 0.3) is 0 Å². The minimum Gasteiger partial charge on any atom is -0.436 e. The van der Waals surface area contributed by atoms with E-state index in [1.165, 1.54) is 18.9 Å². The summed E-state index contributed by atoms with van der Waals surface area (Å²) in [5.41, 5.74) is 0.493. The van der Waals surface area contributed by atoms with E-state index in [4.69, 9.17) is 4.42 Å². The highest BCUT2D eigenvalue weighted by molar-refractivity contribution is 6.22. The highest BCUT2D eigenvalue weighted by Crippen LogP contribution is 2.22. The molecule has 0 fully saturated rings. The first-order valence-corrected chi connectivity index (χ1v) is 8.17. The predicted octanol–water partition coefficient (Wildman–Crippen LogP) is 3.45. The molecule has 1 N–H and O–H groups in total. The maximum absolute atomic E-state index is 12.5. The predicted molar refractivity (Wildman–Crippen MR) is 84.0 cm³/mol. The van der Waals surface area contributed by atoms with Gasteiger partial charge in [0, 0.05) is 18.5 Å². The van der Waals surface area contributed by atoms with Crippen molar-refractivity contribution in [3.63, 3.8) is 0 Å². The zero-order valence-corrected chi connectivity index (χ0v) is 13.6. The number of allylic oxidation sites excluding steroid dienone is 2. The van der Waals surface area contributed by atoms with Crippen LogP contribution in [0.1, 0.15) is 79.8 Å². The number of aryl methyl sites for hydroxylation is 1. The summed E-state index contributed by atoms with van der Waals surface area (Å²) in [6.07, 6.45) is 7.27. The van der Waals surface area contributed by atoms with Gasteiger partial charge in [0.25, 0.3) is 0 Å². The highest BCUT2D eigenvalue weighted by atomic mass is 16.4. The molecule has 0 bridgehead atoms. The number of unbranched alkanes of at least 4 members (excludes halogenated alkanes) is 2. The number of aromatic nitrogens is 1. The summed E-state index contributed by atoms with van der Waals surface area (Å²) in [5, 5.41) is 3.22. The molecule has 0 saturated heterocycles. The normalized spacial score (nSPS) is 15.5. The maximum Gasteiger partial charge on any atom is 0.231 e. The standard InChI is InChI=1S/C17H24N2O3/c1-4-7-8-9-11(5-2)18-12-10-13(20)17-15(16(12)21)19-14(6-3)22-17/h10-11,18H,4-9H2,1-3H3. The Balaban J connectivity index is 2.11. The molecule has 1 aliphatic carbocycles. The number of hydrogen-bond donors (Lipinski definition) is 1. The number of nitrogens with one attached hydrogen (secondary N) is 1. The average Bonchev–Trinajstić information content (AvgIpc) is 2.96. The van der Waals surface area contributed by atoms with Gasteiger partial charge in [0.05, 0.1) is 5.70 Å². The van der Waals surface area contributed by atoms with Crippen molar-refractivity contribution in [2.24, 2.45) is 0 Å². The molecule has 0 saturated carbocycles. The van der Waals surface area contributed by atoms with Crippen LogP contribution in [0.2, 0.25) is 0 Å². The second-order valence-electron chi connectivity index (χ2n) is 5.64. The number of oxazole rings is 1. The van der Waals surface area contributed by atoms with Crippen molar-refractivity contribution in [3.8, 4) is 0 Å². The first-order valence-electron chi connectivity index (χ1n) is 8.17. The van der Waals surface area contributed by atoms with Crippen LogP contribution in [-0.4, -0.2) is 22.6 Å². The fourth-order valence-electron chi connectivity index (χ4n) is 2.57. The van der Waals surface area contributed by atoms with Gasteiger partial charge in [-0.1, -0.05) is 40.0 Å². The molecule has 1 aromatic rings. The molecule has 0 aromatic carbocycles. The van der Waals surface area contributed by atoms with Crippen LogP contribution >= 0.6 is 0 Å². The smallest absolute Gasteiger partial charge is 0.231 e. The Labute approximate surface area is 131 Å². The summed E-state index contributed by atoms with van der Waals surface area (Å²) < 4.78 is 5.34. The fraction of sp³-hybridized carbons (Fsp3) is 0.588. The molecule has 5 nitrogen and oxygen atoms in total. The number of hydrogen-bond acceptors (Lipinski definition) is 5. The maximum atomic E-state index is 12.5. The number of rotatable bonds is 8. The number of Topliss-reactive ketones (excluding diaryl/α,β-unsaturated/α-hetero) is 1. The molecule has 1 heterocycles. The van der Waals surface area contributed by atoms with Gasteiger partial charge in [-0.2, -0.15) is 0 Å². The molecule has 0 spiro atoms. The van der Waals surface area contributed by atoms with Crippen molar-refractivity contribution in [2.45, 2.75) is 65.3 Å². The van der Waals surface area contributed by atoms with Gasteiger partial charge < -0.3 is 9.73 Å². The summed E-state index contributed by atoms with van der Waals surface area (Å²) in [6.45, 7) is 6.12. The number of ketones is 2. The monoisotopic (exact) mass is 304 g/mol. The first-order chi connectivity index (χ1) is 10.6. The van der Waals surface area contributed by atoms with Gasteiger partial charge in [0.1, 0.15) is 0 Å². The van der Waals surface area contributed by atoms with Crippen molar-refractivity contribution in [1.82, 2.24) is 10.3 Å². The molecule has 120 valence electrons. The van der Waals surface area contributed by atoms with Crippen molar-refractivity contribution in [2.75, 3.05) is 0 Å². The Morgan fingerprint density at radius 2 is 2.00 bits per heavy atom. The zero-order valence-electron chi connectivity index (χ0n) is 13.6. The third-order valence-electron chi connectivity index (χ3n) is 3.94. The van der Waals surface area contributed by atoms with Crippen LogP contribution in [0.4, 0.5) is 0 Å². The molecule has 1 unspecified atom stereocenters. The first kappa shape index (κ1) is 16.5. The SMILES string of the molecule is CCCCCC(CC)NC1=CC(=O)c2oc(CC)nc2C1=O. The average molecular weight is 304 g/mol. The minimum atomic E-state index is -0.285.